The molecule has 0 saturated heterocycles. The van der Waals surface area contributed by atoms with E-state index < -0.39 is 42.6 Å². The molecule has 0 saturated carbocycles. The minimum Gasteiger partial charge on any atom is -0.452 e. The summed E-state index contributed by atoms with van der Waals surface area (Å²) < 4.78 is 89.6. The molecule has 0 aliphatic rings. The van der Waals surface area contributed by atoms with Crippen LogP contribution in [-0.4, -0.2) is 37.0 Å². The first kappa shape index (κ1) is 16.7. The molecule has 0 rings (SSSR count). The second kappa shape index (κ2) is 5.57. The smallest absolute Gasteiger partial charge is 0.343 e. The maximum atomic E-state index is 12.6. The topological polar surface area (TPSA) is 26.3 Å². The maximum Gasteiger partial charge on any atom is 0.343 e. The summed E-state index contributed by atoms with van der Waals surface area (Å²) in [6.07, 6.45) is -6.80. The van der Waals surface area contributed by atoms with Gasteiger partial charge in [-0.25, -0.2) is 18.0 Å². The van der Waals surface area contributed by atoms with Crippen LogP contribution in [0.4, 0.5) is 30.7 Å². The molecule has 0 heterocycles. The van der Waals surface area contributed by atoms with E-state index >= 15 is 0 Å². The van der Waals surface area contributed by atoms with E-state index in [1.165, 1.54) is 0 Å². The maximum absolute atomic E-state index is 12.6. The van der Waals surface area contributed by atoms with Gasteiger partial charge in [0.1, 0.15) is 5.57 Å². The van der Waals surface area contributed by atoms with Crippen LogP contribution in [0.1, 0.15) is 6.92 Å². The molecular weight excluding hydrogens is 273 g/mol. The van der Waals surface area contributed by atoms with E-state index in [0.29, 0.717) is 6.92 Å². The summed E-state index contributed by atoms with van der Waals surface area (Å²) in [5.74, 6) is -11.1. The van der Waals surface area contributed by atoms with E-state index in [0.717, 1.165) is 0 Å². The number of alkyl halides is 7. The predicted octanol–water partition coefficient (Wildman–Crippen LogP) is 2.98. The molecule has 0 aromatic carbocycles. The summed E-state index contributed by atoms with van der Waals surface area (Å²) in [6, 6.07) is 0. The van der Waals surface area contributed by atoms with Crippen LogP contribution >= 0.6 is 0 Å². The fourth-order valence-corrected chi connectivity index (χ4v) is 0.718. The van der Waals surface area contributed by atoms with E-state index in [2.05, 4.69) is 11.3 Å². The molecule has 0 aliphatic carbocycles. The quantitative estimate of drug-likeness (QED) is 0.425. The molecule has 106 valence electrons. The first-order valence-electron chi connectivity index (χ1n) is 4.47. The van der Waals surface area contributed by atoms with Gasteiger partial charge in [0.15, 0.2) is 12.8 Å². The van der Waals surface area contributed by atoms with E-state index in [4.69, 9.17) is 0 Å². The molecule has 0 amide bonds. The van der Waals surface area contributed by atoms with Crippen LogP contribution in [-0.2, 0) is 9.53 Å². The number of hydrogen-bond acceptors (Lipinski definition) is 2. The first-order valence-corrected chi connectivity index (χ1v) is 4.47. The van der Waals surface area contributed by atoms with Crippen molar-refractivity contribution in [1.29, 1.82) is 0 Å². The summed E-state index contributed by atoms with van der Waals surface area (Å²) in [6.45, 7) is 0.583. The number of rotatable bonds is 6. The van der Waals surface area contributed by atoms with Gasteiger partial charge in [0.25, 0.3) is 0 Å². The molecule has 0 aromatic heterocycles. The Morgan fingerprint density at radius 2 is 1.72 bits per heavy atom. The van der Waals surface area contributed by atoms with Gasteiger partial charge in [0.2, 0.25) is 0 Å². The Hall–Kier alpha value is -1.28. The fraction of sp³-hybridized carbons (Fsp3) is 0.667. The minimum absolute atomic E-state index is 0.394. The third kappa shape index (κ3) is 3.61. The van der Waals surface area contributed by atoms with Crippen molar-refractivity contribution < 1.29 is 40.3 Å². The molecule has 2 nitrogen and oxygen atoms in total. The van der Waals surface area contributed by atoms with E-state index in [9.17, 15) is 35.5 Å². The Labute approximate surface area is 97.4 Å². The van der Waals surface area contributed by atoms with Crippen molar-refractivity contribution in [3.8, 4) is 0 Å². The van der Waals surface area contributed by atoms with Crippen LogP contribution in [0, 0.1) is 0 Å². The Morgan fingerprint density at radius 3 is 2.06 bits per heavy atom. The Morgan fingerprint density at radius 1 is 1.28 bits per heavy atom. The fourth-order valence-electron chi connectivity index (χ4n) is 0.718. The molecule has 0 aliphatic heterocycles. The highest BCUT2D eigenvalue weighted by Crippen LogP contribution is 2.31. The van der Waals surface area contributed by atoms with E-state index in [1.807, 2.05) is 0 Å². The summed E-state index contributed by atoms with van der Waals surface area (Å²) in [4.78, 5) is 10.9. The van der Waals surface area contributed by atoms with Gasteiger partial charge in [-0.15, -0.1) is 0 Å². The van der Waals surface area contributed by atoms with Gasteiger partial charge >= 0.3 is 24.2 Å². The van der Waals surface area contributed by atoms with E-state index in [1.54, 1.807) is 0 Å². The van der Waals surface area contributed by atoms with Crippen LogP contribution in [0.5, 0.6) is 0 Å². The Balaban J connectivity index is 4.74. The molecule has 0 spiro atoms. The van der Waals surface area contributed by atoms with Crippen molar-refractivity contribution in [2.45, 2.75) is 31.3 Å². The number of esters is 1. The molecule has 0 bridgehead atoms. The van der Waals surface area contributed by atoms with Gasteiger partial charge < -0.3 is 4.74 Å². The summed E-state index contributed by atoms with van der Waals surface area (Å²) >= 11 is 0. The number of halogens is 7. The first-order chi connectivity index (χ1) is 7.96. The Kier molecular flexibility index (Phi) is 5.18. The van der Waals surface area contributed by atoms with Crippen molar-refractivity contribution in [2.75, 3.05) is 6.67 Å². The standard InChI is InChI=1S/C9H9F7O2/c1-4(8(13,14)3-10)6(17)18-5(2)9(15,16)7(11)12/h5,7H,1,3H2,2H3. The molecule has 9 heteroatoms. The molecular formula is C9H9F7O2. The zero-order valence-corrected chi connectivity index (χ0v) is 9.03. The van der Waals surface area contributed by atoms with Crippen molar-refractivity contribution in [3.63, 3.8) is 0 Å². The Bertz CT molecular complexity index is 327. The van der Waals surface area contributed by atoms with Gasteiger partial charge in [-0.05, 0) is 6.92 Å². The van der Waals surface area contributed by atoms with Gasteiger partial charge in [0, 0.05) is 0 Å². The van der Waals surface area contributed by atoms with Crippen molar-refractivity contribution in [1.82, 2.24) is 0 Å². The molecule has 18 heavy (non-hydrogen) atoms. The van der Waals surface area contributed by atoms with Crippen molar-refractivity contribution in [2.24, 2.45) is 0 Å². The highest BCUT2D eigenvalue weighted by atomic mass is 19.3. The minimum atomic E-state index is -4.71. The lowest BCUT2D eigenvalue weighted by Crippen LogP contribution is -2.42. The van der Waals surface area contributed by atoms with Gasteiger partial charge in [-0.1, -0.05) is 6.58 Å². The predicted molar refractivity (Wildman–Crippen MR) is 46.6 cm³/mol. The average molecular weight is 282 g/mol. The van der Waals surface area contributed by atoms with Crippen LogP contribution in [0.2, 0.25) is 0 Å². The number of hydrogen-bond donors (Lipinski definition) is 0. The van der Waals surface area contributed by atoms with Gasteiger partial charge in [-0.2, -0.15) is 17.6 Å². The van der Waals surface area contributed by atoms with Crippen LogP contribution < -0.4 is 0 Å². The van der Waals surface area contributed by atoms with Gasteiger partial charge in [-0.3, -0.25) is 0 Å². The van der Waals surface area contributed by atoms with Crippen LogP contribution in [0.3, 0.4) is 0 Å². The summed E-state index contributed by atoms with van der Waals surface area (Å²) in [5.41, 5.74) is -1.72. The summed E-state index contributed by atoms with van der Waals surface area (Å²) in [7, 11) is 0. The number of carbonyl (C=O) groups excluding carboxylic acids is 1. The third-order valence-corrected chi connectivity index (χ3v) is 1.97. The highest BCUT2D eigenvalue weighted by molar-refractivity contribution is 5.89. The number of carbonyl (C=O) groups is 1. The monoisotopic (exact) mass is 282 g/mol. The molecule has 1 unspecified atom stereocenters. The summed E-state index contributed by atoms with van der Waals surface area (Å²) in [5, 5.41) is 0. The zero-order chi connectivity index (χ0) is 14.7. The van der Waals surface area contributed by atoms with Gasteiger partial charge in [0.05, 0.1) is 0 Å². The SMILES string of the molecule is C=C(C(=O)OC(C)C(F)(F)C(F)F)C(F)(F)CF. The molecule has 0 N–H and O–H groups in total. The molecule has 1 atom stereocenters. The normalized spacial score (nSPS) is 14.5. The molecule has 0 radical (unpaired) electrons. The lowest BCUT2D eigenvalue weighted by atomic mass is 10.1. The second-order valence-corrected chi connectivity index (χ2v) is 3.34. The largest absolute Gasteiger partial charge is 0.452 e. The van der Waals surface area contributed by atoms with Crippen molar-refractivity contribution in [3.05, 3.63) is 12.2 Å². The van der Waals surface area contributed by atoms with Crippen LogP contribution in [0.15, 0.2) is 12.2 Å². The molecule has 0 aromatic rings. The highest BCUT2D eigenvalue weighted by Gasteiger charge is 2.50. The third-order valence-electron chi connectivity index (χ3n) is 1.97. The zero-order valence-electron chi connectivity index (χ0n) is 9.03. The van der Waals surface area contributed by atoms with Crippen molar-refractivity contribution >= 4 is 5.97 Å². The van der Waals surface area contributed by atoms with E-state index in [-0.39, 0.29) is 0 Å². The van der Waals surface area contributed by atoms with Crippen LogP contribution in [0.25, 0.3) is 0 Å². The molecule has 0 fully saturated rings. The second-order valence-electron chi connectivity index (χ2n) is 3.34. The lowest BCUT2D eigenvalue weighted by molar-refractivity contribution is -0.204. The average Bonchev–Trinajstić information content (AvgIpc) is 2.27. The lowest BCUT2D eigenvalue weighted by Gasteiger charge is -2.24. The number of ether oxygens (including phenoxy) is 1.